The van der Waals surface area contributed by atoms with Crippen molar-refractivity contribution in [2.24, 2.45) is 11.3 Å². The van der Waals surface area contributed by atoms with E-state index in [0.717, 1.165) is 50.1 Å². The van der Waals surface area contributed by atoms with E-state index >= 15 is 0 Å². The van der Waals surface area contributed by atoms with E-state index in [4.69, 9.17) is 0 Å². The SMILES string of the molecule is Cc1ccccc1N1C[C@@]2(CCN(C(=O)C3CC3)C2)CC1=O. The molecule has 116 valence electrons. The molecule has 1 aliphatic carbocycles. The summed E-state index contributed by atoms with van der Waals surface area (Å²) in [5.74, 6) is 0.799. The highest BCUT2D eigenvalue weighted by atomic mass is 16.2. The molecule has 2 amide bonds. The zero-order valence-electron chi connectivity index (χ0n) is 13.0. The van der Waals surface area contributed by atoms with Crippen molar-refractivity contribution in [2.75, 3.05) is 24.5 Å². The van der Waals surface area contributed by atoms with Crippen LogP contribution in [0.15, 0.2) is 24.3 Å². The maximum absolute atomic E-state index is 12.5. The van der Waals surface area contributed by atoms with Gasteiger partial charge in [0, 0.05) is 43.1 Å². The Labute approximate surface area is 131 Å². The van der Waals surface area contributed by atoms with Crippen LogP contribution in [0.3, 0.4) is 0 Å². The number of aryl methyl sites for hydroxylation is 1. The van der Waals surface area contributed by atoms with Gasteiger partial charge in [0.05, 0.1) is 0 Å². The Morgan fingerprint density at radius 1 is 1.23 bits per heavy atom. The maximum atomic E-state index is 12.5. The standard InChI is InChI=1S/C18H22N2O2/c1-13-4-2-3-5-15(13)20-12-18(10-16(20)21)8-9-19(11-18)17(22)14-6-7-14/h2-5,14H,6-12H2,1H3/t18-/m0/s1. The van der Waals surface area contributed by atoms with Gasteiger partial charge in [0.1, 0.15) is 0 Å². The van der Waals surface area contributed by atoms with Crippen molar-refractivity contribution in [3.8, 4) is 0 Å². The molecule has 0 N–H and O–H groups in total. The Hall–Kier alpha value is -1.84. The van der Waals surface area contributed by atoms with Crippen LogP contribution in [0.5, 0.6) is 0 Å². The molecule has 3 aliphatic rings. The average Bonchev–Trinajstić information content (AvgIpc) is 3.20. The highest BCUT2D eigenvalue weighted by molar-refractivity contribution is 5.97. The van der Waals surface area contributed by atoms with E-state index in [1.807, 2.05) is 41.0 Å². The minimum Gasteiger partial charge on any atom is -0.342 e. The van der Waals surface area contributed by atoms with Crippen LogP contribution in [0.25, 0.3) is 0 Å². The smallest absolute Gasteiger partial charge is 0.227 e. The van der Waals surface area contributed by atoms with Gasteiger partial charge in [0.2, 0.25) is 11.8 Å². The van der Waals surface area contributed by atoms with Gasteiger partial charge in [0.15, 0.2) is 0 Å². The van der Waals surface area contributed by atoms with Crippen molar-refractivity contribution in [2.45, 2.75) is 32.6 Å². The molecule has 0 radical (unpaired) electrons. The molecular formula is C18H22N2O2. The summed E-state index contributed by atoms with van der Waals surface area (Å²) >= 11 is 0. The highest BCUT2D eigenvalue weighted by Gasteiger charge is 2.50. The fraction of sp³-hybridized carbons (Fsp3) is 0.556. The molecule has 4 rings (SSSR count). The van der Waals surface area contributed by atoms with E-state index in [2.05, 4.69) is 0 Å². The van der Waals surface area contributed by atoms with Crippen LogP contribution >= 0.6 is 0 Å². The first-order valence-corrected chi connectivity index (χ1v) is 8.23. The number of para-hydroxylation sites is 1. The number of rotatable bonds is 2. The number of nitrogens with zero attached hydrogens (tertiary/aromatic N) is 2. The minimum atomic E-state index is -0.0239. The quantitative estimate of drug-likeness (QED) is 0.841. The van der Waals surface area contributed by atoms with Gasteiger partial charge in [-0.1, -0.05) is 18.2 Å². The summed E-state index contributed by atoms with van der Waals surface area (Å²) in [6, 6.07) is 8.05. The maximum Gasteiger partial charge on any atom is 0.227 e. The first kappa shape index (κ1) is 13.8. The highest BCUT2D eigenvalue weighted by Crippen LogP contribution is 2.44. The minimum absolute atomic E-state index is 0.0239. The number of hydrogen-bond donors (Lipinski definition) is 0. The topological polar surface area (TPSA) is 40.6 Å². The Balaban J connectivity index is 1.52. The molecule has 4 heteroatoms. The summed E-state index contributed by atoms with van der Waals surface area (Å²) in [5.41, 5.74) is 2.14. The summed E-state index contributed by atoms with van der Waals surface area (Å²) in [7, 11) is 0. The Morgan fingerprint density at radius 3 is 2.73 bits per heavy atom. The van der Waals surface area contributed by atoms with E-state index in [0.29, 0.717) is 12.3 Å². The molecular weight excluding hydrogens is 276 g/mol. The molecule has 2 heterocycles. The van der Waals surface area contributed by atoms with Crippen molar-refractivity contribution in [3.05, 3.63) is 29.8 Å². The van der Waals surface area contributed by atoms with Crippen LogP contribution in [-0.4, -0.2) is 36.3 Å². The van der Waals surface area contributed by atoms with Crippen molar-refractivity contribution >= 4 is 17.5 Å². The number of anilines is 1. The van der Waals surface area contributed by atoms with Gasteiger partial charge in [-0.05, 0) is 37.8 Å². The second-order valence-electron chi connectivity index (χ2n) is 7.23. The lowest BCUT2D eigenvalue weighted by atomic mass is 9.86. The Kier molecular flexibility index (Phi) is 3.03. The average molecular weight is 298 g/mol. The zero-order valence-corrected chi connectivity index (χ0v) is 13.0. The molecule has 22 heavy (non-hydrogen) atoms. The second kappa shape index (κ2) is 4.83. The van der Waals surface area contributed by atoms with E-state index in [1.54, 1.807) is 0 Å². The number of carbonyl (C=O) groups is 2. The van der Waals surface area contributed by atoms with Crippen LogP contribution in [0.4, 0.5) is 5.69 Å². The molecule has 1 aromatic carbocycles. The van der Waals surface area contributed by atoms with Crippen LogP contribution in [0.1, 0.15) is 31.2 Å². The molecule has 2 aliphatic heterocycles. The second-order valence-corrected chi connectivity index (χ2v) is 7.23. The summed E-state index contributed by atoms with van der Waals surface area (Å²) in [6.45, 7) is 4.39. The first-order valence-electron chi connectivity index (χ1n) is 8.23. The van der Waals surface area contributed by atoms with Gasteiger partial charge in [0.25, 0.3) is 0 Å². The van der Waals surface area contributed by atoms with Crippen molar-refractivity contribution in [1.82, 2.24) is 4.90 Å². The summed E-state index contributed by atoms with van der Waals surface area (Å²) < 4.78 is 0. The lowest BCUT2D eigenvalue weighted by molar-refractivity contribution is -0.132. The largest absolute Gasteiger partial charge is 0.342 e. The first-order chi connectivity index (χ1) is 10.6. The Bertz CT molecular complexity index is 638. The van der Waals surface area contributed by atoms with Crippen LogP contribution in [-0.2, 0) is 9.59 Å². The van der Waals surface area contributed by atoms with Crippen molar-refractivity contribution in [1.29, 1.82) is 0 Å². The molecule has 1 atom stereocenters. The van der Waals surface area contributed by atoms with E-state index in [1.165, 1.54) is 0 Å². The van der Waals surface area contributed by atoms with E-state index in [9.17, 15) is 9.59 Å². The summed E-state index contributed by atoms with van der Waals surface area (Å²) in [4.78, 5) is 28.7. The zero-order chi connectivity index (χ0) is 15.3. The van der Waals surface area contributed by atoms with Gasteiger partial charge in [-0.2, -0.15) is 0 Å². The van der Waals surface area contributed by atoms with Crippen molar-refractivity contribution < 1.29 is 9.59 Å². The fourth-order valence-electron chi connectivity index (χ4n) is 3.97. The molecule has 0 aromatic heterocycles. The van der Waals surface area contributed by atoms with Crippen LogP contribution < -0.4 is 4.90 Å². The molecule has 1 saturated carbocycles. The lowest BCUT2D eigenvalue weighted by Gasteiger charge is -2.25. The number of benzene rings is 1. The van der Waals surface area contributed by atoms with Gasteiger partial charge in [-0.25, -0.2) is 0 Å². The Morgan fingerprint density at radius 2 is 2.00 bits per heavy atom. The monoisotopic (exact) mass is 298 g/mol. The number of amides is 2. The third-order valence-electron chi connectivity index (χ3n) is 5.40. The molecule has 2 saturated heterocycles. The number of likely N-dealkylation sites (tertiary alicyclic amines) is 1. The summed E-state index contributed by atoms with van der Waals surface area (Å²) in [6.07, 6.45) is 3.64. The fourth-order valence-corrected chi connectivity index (χ4v) is 3.97. The van der Waals surface area contributed by atoms with E-state index in [-0.39, 0.29) is 17.2 Å². The molecule has 0 unspecified atom stereocenters. The van der Waals surface area contributed by atoms with Crippen molar-refractivity contribution in [3.63, 3.8) is 0 Å². The van der Waals surface area contributed by atoms with E-state index < -0.39 is 0 Å². The molecule has 3 fully saturated rings. The van der Waals surface area contributed by atoms with Crippen LogP contribution in [0, 0.1) is 18.3 Å². The molecule has 1 aromatic rings. The number of hydrogen-bond acceptors (Lipinski definition) is 2. The van der Waals surface area contributed by atoms with Gasteiger partial charge >= 0.3 is 0 Å². The predicted molar refractivity (Wildman–Crippen MR) is 84.5 cm³/mol. The van der Waals surface area contributed by atoms with Gasteiger partial charge in [-0.3, -0.25) is 9.59 Å². The molecule has 4 nitrogen and oxygen atoms in total. The normalized spacial score (nSPS) is 28.0. The lowest BCUT2D eigenvalue weighted by Crippen LogP contribution is -2.35. The third kappa shape index (κ3) is 2.21. The summed E-state index contributed by atoms with van der Waals surface area (Å²) in [5, 5.41) is 0. The predicted octanol–water partition coefficient (Wildman–Crippen LogP) is 2.36. The van der Waals surface area contributed by atoms with Gasteiger partial charge in [-0.15, -0.1) is 0 Å². The molecule has 1 spiro atoms. The third-order valence-corrected chi connectivity index (χ3v) is 5.40. The molecule has 0 bridgehead atoms. The van der Waals surface area contributed by atoms with Gasteiger partial charge < -0.3 is 9.80 Å². The number of carbonyl (C=O) groups excluding carboxylic acids is 2. The van der Waals surface area contributed by atoms with Crippen LogP contribution in [0.2, 0.25) is 0 Å².